The number of carbonyl (C=O) groups excluding carboxylic acids is 1. The van der Waals surface area contributed by atoms with Crippen LogP contribution in [0.2, 0.25) is 0 Å². The van der Waals surface area contributed by atoms with E-state index >= 15 is 0 Å². The molecule has 0 unspecified atom stereocenters. The van der Waals surface area contributed by atoms with Crippen molar-refractivity contribution in [3.8, 4) is 0 Å². The molecule has 0 saturated heterocycles. The lowest BCUT2D eigenvalue weighted by atomic mass is 10.5. The highest BCUT2D eigenvalue weighted by atomic mass is 16.2. The third-order valence-corrected chi connectivity index (χ3v) is 1.19. The Balaban J connectivity index is 2.67. The molecule has 1 aliphatic heterocycles. The monoisotopic (exact) mass is 136 g/mol. The first-order chi connectivity index (χ1) is 4.75. The number of aromatic nitrogens is 2. The number of nitrogen functional groups attached to an aromatic ring is 1. The third-order valence-electron chi connectivity index (χ3n) is 1.19. The molecule has 1 aliphatic rings. The van der Waals surface area contributed by atoms with Crippen LogP contribution in [0.1, 0.15) is 10.6 Å². The molecule has 50 valence electrons. The van der Waals surface area contributed by atoms with E-state index < -0.39 is 0 Å². The number of amides is 1. The molecule has 3 N–H and O–H groups in total. The van der Waals surface area contributed by atoms with Gasteiger partial charge in [0, 0.05) is 6.07 Å². The topological polar surface area (TPSA) is 80.9 Å². The first kappa shape index (κ1) is 5.16. The Bertz CT molecular complexity index is 309. The molecule has 2 rings (SSSR count). The summed E-state index contributed by atoms with van der Waals surface area (Å²) in [7, 11) is 0. The molecule has 10 heavy (non-hydrogen) atoms. The molecule has 0 aliphatic carbocycles. The highest BCUT2D eigenvalue weighted by Gasteiger charge is 2.19. The second kappa shape index (κ2) is 1.44. The Hall–Kier alpha value is -1.65. The number of nitrogens with two attached hydrogens (primary N) is 1. The van der Waals surface area contributed by atoms with E-state index in [4.69, 9.17) is 5.73 Å². The first-order valence-electron chi connectivity index (χ1n) is 2.71. The number of fused-ring (bicyclic) bond motifs is 2. The van der Waals surface area contributed by atoms with Crippen LogP contribution in [0.3, 0.4) is 0 Å². The summed E-state index contributed by atoms with van der Waals surface area (Å²) in [5.74, 6) is 0.660. The highest BCUT2D eigenvalue weighted by Crippen LogP contribution is 2.14. The summed E-state index contributed by atoms with van der Waals surface area (Å²) in [6, 6.07) is 1.51. The van der Waals surface area contributed by atoms with Gasteiger partial charge in [-0.2, -0.15) is 0 Å². The summed E-state index contributed by atoms with van der Waals surface area (Å²) in [5.41, 5.74) is 5.32. The lowest BCUT2D eigenvalue weighted by Gasteiger charge is -1.87. The van der Waals surface area contributed by atoms with Gasteiger partial charge in [-0.25, -0.2) is 9.97 Å². The van der Waals surface area contributed by atoms with E-state index in [1.165, 1.54) is 6.07 Å². The van der Waals surface area contributed by atoms with Gasteiger partial charge in [0.2, 0.25) is 5.82 Å². The smallest absolute Gasteiger partial charge is 0.294 e. The Morgan fingerprint density at radius 2 is 2.30 bits per heavy atom. The van der Waals surface area contributed by atoms with Crippen LogP contribution in [0, 0.1) is 0 Å². The average Bonchev–Trinajstić information content (AvgIpc) is 2.07. The van der Waals surface area contributed by atoms with E-state index in [0.717, 1.165) is 0 Å². The summed E-state index contributed by atoms with van der Waals surface area (Å²) < 4.78 is 0. The second-order valence-corrected chi connectivity index (χ2v) is 1.96. The Labute approximate surface area is 56.3 Å². The van der Waals surface area contributed by atoms with Crippen molar-refractivity contribution in [3.63, 3.8) is 0 Å². The van der Waals surface area contributed by atoms with Crippen molar-refractivity contribution in [2.75, 3.05) is 11.1 Å². The van der Waals surface area contributed by atoms with Crippen LogP contribution in [-0.2, 0) is 0 Å². The van der Waals surface area contributed by atoms with Crippen LogP contribution < -0.4 is 11.1 Å². The third kappa shape index (κ3) is 0.540. The fraction of sp³-hybridized carbons (Fsp3) is 0. The van der Waals surface area contributed by atoms with Gasteiger partial charge in [-0.3, -0.25) is 4.79 Å². The predicted octanol–water partition coefficient (Wildman–Crippen LogP) is -0.376. The summed E-state index contributed by atoms with van der Waals surface area (Å²) in [6.45, 7) is 0. The number of nitrogens with zero attached hydrogens (tertiary/aromatic N) is 2. The zero-order valence-electron chi connectivity index (χ0n) is 4.96. The van der Waals surface area contributed by atoms with Crippen molar-refractivity contribution < 1.29 is 4.79 Å². The van der Waals surface area contributed by atoms with Crippen molar-refractivity contribution in [2.24, 2.45) is 0 Å². The van der Waals surface area contributed by atoms with E-state index in [0.29, 0.717) is 11.6 Å². The molecular formula is C5H4N4O. The van der Waals surface area contributed by atoms with Crippen molar-refractivity contribution in [1.82, 2.24) is 9.97 Å². The quantitative estimate of drug-likeness (QED) is 0.509. The molecule has 0 fully saturated rings. The van der Waals surface area contributed by atoms with Crippen LogP contribution in [-0.4, -0.2) is 15.9 Å². The summed E-state index contributed by atoms with van der Waals surface area (Å²) in [5, 5.41) is 2.47. The number of carbonyl (C=O) groups is 1. The van der Waals surface area contributed by atoms with E-state index in [1.807, 2.05) is 0 Å². The van der Waals surface area contributed by atoms with Gasteiger partial charge in [0.25, 0.3) is 5.91 Å². The minimum atomic E-state index is -0.285. The molecule has 5 heteroatoms. The fourth-order valence-corrected chi connectivity index (χ4v) is 0.804. The standard InChI is InChI=1S/C5H4N4O/c6-2-1-3-8-4(7-2)5(10)9-3/h1H,(H3,6,7,8,9,10). The van der Waals surface area contributed by atoms with Crippen molar-refractivity contribution in [1.29, 1.82) is 0 Å². The Morgan fingerprint density at radius 1 is 1.50 bits per heavy atom. The molecule has 2 bridgehead atoms. The number of hydrogen-bond donors (Lipinski definition) is 2. The Kier molecular flexibility index (Phi) is 0.743. The number of anilines is 2. The summed E-state index contributed by atoms with van der Waals surface area (Å²) in [6.07, 6.45) is 0. The van der Waals surface area contributed by atoms with Gasteiger partial charge in [0.1, 0.15) is 11.6 Å². The Morgan fingerprint density at radius 3 is 3.00 bits per heavy atom. The van der Waals surface area contributed by atoms with Gasteiger partial charge in [-0.15, -0.1) is 0 Å². The molecule has 1 aromatic heterocycles. The van der Waals surface area contributed by atoms with E-state index in [-0.39, 0.29) is 11.7 Å². The lowest BCUT2D eigenvalue weighted by Crippen LogP contribution is -2.04. The van der Waals surface area contributed by atoms with Crippen LogP contribution in [0.25, 0.3) is 0 Å². The van der Waals surface area contributed by atoms with Gasteiger partial charge in [0.15, 0.2) is 0 Å². The van der Waals surface area contributed by atoms with Gasteiger partial charge in [0.05, 0.1) is 0 Å². The second-order valence-electron chi connectivity index (χ2n) is 1.96. The maximum Gasteiger partial charge on any atom is 0.294 e. The maximum atomic E-state index is 10.8. The molecule has 0 saturated carbocycles. The zero-order valence-corrected chi connectivity index (χ0v) is 4.96. The lowest BCUT2D eigenvalue weighted by molar-refractivity contribution is 0.102. The van der Waals surface area contributed by atoms with Gasteiger partial charge in [-0.1, -0.05) is 0 Å². The highest BCUT2D eigenvalue weighted by molar-refractivity contribution is 6.04. The predicted molar refractivity (Wildman–Crippen MR) is 34.4 cm³/mol. The number of hydrogen-bond acceptors (Lipinski definition) is 4. The first-order valence-corrected chi connectivity index (χ1v) is 2.71. The number of rotatable bonds is 0. The minimum absolute atomic E-state index is 0.148. The number of nitrogens with one attached hydrogen (secondary N) is 1. The molecule has 2 heterocycles. The average molecular weight is 136 g/mol. The molecule has 0 atom stereocenters. The maximum absolute atomic E-state index is 10.8. The van der Waals surface area contributed by atoms with Crippen molar-refractivity contribution in [3.05, 3.63) is 11.9 Å². The van der Waals surface area contributed by atoms with Crippen molar-refractivity contribution >= 4 is 17.5 Å². The van der Waals surface area contributed by atoms with E-state index in [1.54, 1.807) is 0 Å². The van der Waals surface area contributed by atoms with Gasteiger partial charge < -0.3 is 11.1 Å². The molecular weight excluding hydrogens is 132 g/mol. The molecule has 1 aromatic rings. The molecule has 0 radical (unpaired) electrons. The minimum Gasteiger partial charge on any atom is -0.384 e. The summed E-state index contributed by atoms with van der Waals surface area (Å²) >= 11 is 0. The van der Waals surface area contributed by atoms with Crippen LogP contribution >= 0.6 is 0 Å². The van der Waals surface area contributed by atoms with Gasteiger partial charge >= 0.3 is 0 Å². The molecule has 1 amide bonds. The van der Waals surface area contributed by atoms with E-state index in [2.05, 4.69) is 15.3 Å². The van der Waals surface area contributed by atoms with Crippen LogP contribution in [0.4, 0.5) is 11.6 Å². The molecule has 0 aromatic carbocycles. The molecule has 5 nitrogen and oxygen atoms in total. The fourth-order valence-electron chi connectivity index (χ4n) is 0.804. The van der Waals surface area contributed by atoms with Crippen LogP contribution in [0.5, 0.6) is 0 Å². The van der Waals surface area contributed by atoms with E-state index in [9.17, 15) is 4.79 Å². The van der Waals surface area contributed by atoms with Gasteiger partial charge in [-0.05, 0) is 0 Å². The van der Waals surface area contributed by atoms with Crippen LogP contribution in [0.15, 0.2) is 6.07 Å². The largest absolute Gasteiger partial charge is 0.384 e. The van der Waals surface area contributed by atoms with Crippen molar-refractivity contribution in [2.45, 2.75) is 0 Å². The summed E-state index contributed by atoms with van der Waals surface area (Å²) in [4.78, 5) is 18.2. The molecule has 0 spiro atoms. The SMILES string of the molecule is Nc1cc2nc(n1)C(=O)N2. The normalized spacial score (nSPS) is 13.4. The zero-order chi connectivity index (χ0) is 7.14.